The summed E-state index contributed by atoms with van der Waals surface area (Å²) in [5.41, 5.74) is 1.07. The first-order chi connectivity index (χ1) is 11.8. The van der Waals surface area contributed by atoms with Gasteiger partial charge in [-0.2, -0.15) is 0 Å². The maximum Gasteiger partial charge on any atom is 0.407 e. The first kappa shape index (κ1) is 21.2. The lowest BCUT2D eigenvalue weighted by Gasteiger charge is -2.22. The fourth-order valence-electron chi connectivity index (χ4n) is 2.32. The molecular formula is C17H31N5O2S. The molecule has 0 aliphatic heterocycles. The van der Waals surface area contributed by atoms with Gasteiger partial charge in [-0.1, -0.05) is 13.8 Å². The molecule has 0 aliphatic rings. The molecule has 1 aromatic rings. The number of nitrogens with one attached hydrogen (secondary N) is 3. The highest BCUT2D eigenvalue weighted by molar-refractivity contribution is 7.11. The molecule has 0 aliphatic carbocycles. The molecule has 1 amide bonds. The van der Waals surface area contributed by atoms with Crippen LogP contribution in [0.3, 0.4) is 0 Å². The maximum absolute atomic E-state index is 11.7. The number of hydrogen-bond donors (Lipinski definition) is 3. The van der Waals surface area contributed by atoms with E-state index in [0.717, 1.165) is 17.1 Å². The van der Waals surface area contributed by atoms with Gasteiger partial charge in [-0.15, -0.1) is 11.3 Å². The van der Waals surface area contributed by atoms with E-state index in [1.54, 1.807) is 25.3 Å². The summed E-state index contributed by atoms with van der Waals surface area (Å²) in [6.45, 7) is 11.7. The van der Waals surface area contributed by atoms with E-state index >= 15 is 0 Å². The Morgan fingerprint density at radius 2 is 2.04 bits per heavy atom. The van der Waals surface area contributed by atoms with Gasteiger partial charge in [0.25, 0.3) is 0 Å². The van der Waals surface area contributed by atoms with Crippen molar-refractivity contribution in [2.45, 2.75) is 53.6 Å². The van der Waals surface area contributed by atoms with Gasteiger partial charge < -0.3 is 20.7 Å². The summed E-state index contributed by atoms with van der Waals surface area (Å²) in [5.74, 6) is 1.15. The minimum Gasteiger partial charge on any atom is -0.450 e. The largest absolute Gasteiger partial charge is 0.450 e. The molecule has 8 heteroatoms. The lowest BCUT2D eigenvalue weighted by atomic mass is 10.0. The molecule has 0 bridgehead atoms. The number of amides is 1. The lowest BCUT2D eigenvalue weighted by Crippen LogP contribution is -2.47. The van der Waals surface area contributed by atoms with Crippen LogP contribution >= 0.6 is 11.3 Å². The second kappa shape index (κ2) is 10.9. The number of rotatable bonds is 8. The number of aromatic nitrogens is 1. The third kappa shape index (κ3) is 8.20. The van der Waals surface area contributed by atoms with E-state index in [-0.39, 0.29) is 12.1 Å². The topological polar surface area (TPSA) is 87.6 Å². The average molecular weight is 370 g/mol. The van der Waals surface area contributed by atoms with Crippen molar-refractivity contribution < 1.29 is 9.53 Å². The molecule has 0 saturated heterocycles. The monoisotopic (exact) mass is 369 g/mol. The second-order valence-electron chi connectivity index (χ2n) is 6.25. The Morgan fingerprint density at radius 1 is 1.32 bits per heavy atom. The zero-order valence-corrected chi connectivity index (χ0v) is 16.9. The fourth-order valence-corrected chi connectivity index (χ4v) is 3.19. The van der Waals surface area contributed by atoms with Crippen LogP contribution in [0.25, 0.3) is 0 Å². The number of aryl methyl sites for hydroxylation is 2. The number of carbonyl (C=O) groups excluding carboxylic acids is 1. The molecule has 25 heavy (non-hydrogen) atoms. The SMILES string of the molecule is CCOC(=O)NC(CNC(=NC)NCc1nc(C)c(C)s1)CC(C)C. The molecule has 1 rings (SSSR count). The second-order valence-corrected chi connectivity index (χ2v) is 7.53. The number of guanidine groups is 1. The number of ether oxygens (including phenoxy) is 1. The Balaban J connectivity index is 2.51. The van der Waals surface area contributed by atoms with E-state index in [1.807, 2.05) is 6.92 Å². The van der Waals surface area contributed by atoms with Gasteiger partial charge in [0, 0.05) is 24.5 Å². The van der Waals surface area contributed by atoms with Gasteiger partial charge in [0.15, 0.2) is 5.96 Å². The van der Waals surface area contributed by atoms with Gasteiger partial charge in [-0.25, -0.2) is 9.78 Å². The Morgan fingerprint density at radius 3 is 2.56 bits per heavy atom. The van der Waals surface area contributed by atoms with Gasteiger partial charge in [-0.3, -0.25) is 4.99 Å². The van der Waals surface area contributed by atoms with Crippen molar-refractivity contribution in [1.82, 2.24) is 20.9 Å². The average Bonchev–Trinajstić information content (AvgIpc) is 2.85. The third-order valence-corrected chi connectivity index (χ3v) is 4.65. The summed E-state index contributed by atoms with van der Waals surface area (Å²) in [6.07, 6.45) is 0.472. The first-order valence-electron chi connectivity index (χ1n) is 8.66. The summed E-state index contributed by atoms with van der Waals surface area (Å²) in [6, 6.07) is -0.0260. The van der Waals surface area contributed by atoms with Crippen molar-refractivity contribution in [2.24, 2.45) is 10.9 Å². The maximum atomic E-state index is 11.7. The Bertz CT molecular complexity index is 552. The number of nitrogens with zero attached hydrogens (tertiary/aromatic N) is 2. The number of carbonyl (C=O) groups is 1. The predicted molar refractivity (Wildman–Crippen MR) is 103 cm³/mol. The quantitative estimate of drug-likeness (QED) is 0.484. The molecule has 0 spiro atoms. The third-order valence-electron chi connectivity index (χ3n) is 3.57. The van der Waals surface area contributed by atoms with Crippen molar-refractivity contribution in [2.75, 3.05) is 20.2 Å². The van der Waals surface area contributed by atoms with Crippen molar-refractivity contribution in [3.63, 3.8) is 0 Å². The predicted octanol–water partition coefficient (Wildman–Crippen LogP) is 2.59. The standard InChI is InChI=1S/C17H31N5O2S/c1-7-24-17(23)22-14(8-11(2)3)9-19-16(18-6)20-10-15-21-12(4)13(5)25-15/h11,14H,7-10H2,1-6H3,(H,22,23)(H2,18,19,20). The highest BCUT2D eigenvalue weighted by atomic mass is 32.1. The molecular weight excluding hydrogens is 338 g/mol. The van der Waals surface area contributed by atoms with Crippen molar-refractivity contribution in [1.29, 1.82) is 0 Å². The van der Waals surface area contributed by atoms with Crippen molar-refractivity contribution in [3.8, 4) is 0 Å². The summed E-state index contributed by atoms with van der Waals surface area (Å²) < 4.78 is 4.98. The molecule has 1 aromatic heterocycles. The lowest BCUT2D eigenvalue weighted by molar-refractivity contribution is 0.146. The summed E-state index contributed by atoms with van der Waals surface area (Å²) in [5, 5.41) is 10.4. The van der Waals surface area contributed by atoms with Crippen LogP contribution in [0.2, 0.25) is 0 Å². The molecule has 0 radical (unpaired) electrons. The Hall–Kier alpha value is -1.83. The van der Waals surface area contributed by atoms with Crippen LogP contribution in [0, 0.1) is 19.8 Å². The molecule has 1 heterocycles. The molecule has 3 N–H and O–H groups in total. The number of thiazole rings is 1. The zero-order chi connectivity index (χ0) is 18.8. The van der Waals surface area contributed by atoms with E-state index in [4.69, 9.17) is 4.74 Å². The molecule has 142 valence electrons. The van der Waals surface area contributed by atoms with Gasteiger partial charge >= 0.3 is 6.09 Å². The van der Waals surface area contributed by atoms with Gasteiger partial charge in [-0.05, 0) is 33.1 Å². The van der Waals surface area contributed by atoms with E-state index in [0.29, 0.717) is 31.6 Å². The van der Waals surface area contributed by atoms with E-state index in [9.17, 15) is 4.79 Å². The van der Waals surface area contributed by atoms with Crippen LogP contribution in [0.1, 0.15) is 42.8 Å². The number of aliphatic imine (C=N–C) groups is 1. The van der Waals surface area contributed by atoms with Gasteiger partial charge in [0.1, 0.15) is 5.01 Å². The van der Waals surface area contributed by atoms with Crippen LogP contribution in [-0.2, 0) is 11.3 Å². The number of hydrogen-bond acceptors (Lipinski definition) is 5. The summed E-state index contributed by atoms with van der Waals surface area (Å²) in [4.78, 5) is 21.6. The molecule has 0 fully saturated rings. The van der Waals surface area contributed by atoms with Crippen molar-refractivity contribution >= 4 is 23.4 Å². The summed E-state index contributed by atoms with van der Waals surface area (Å²) in [7, 11) is 1.73. The first-order valence-corrected chi connectivity index (χ1v) is 9.48. The molecule has 0 saturated carbocycles. The van der Waals surface area contributed by atoms with Crippen LogP contribution in [0.15, 0.2) is 4.99 Å². The van der Waals surface area contributed by atoms with Crippen molar-refractivity contribution in [3.05, 3.63) is 15.6 Å². The highest BCUT2D eigenvalue weighted by Gasteiger charge is 2.15. The summed E-state index contributed by atoms with van der Waals surface area (Å²) >= 11 is 1.68. The van der Waals surface area contributed by atoms with E-state index < -0.39 is 0 Å². The fraction of sp³-hybridized carbons (Fsp3) is 0.706. The Labute approximate surface area is 154 Å². The van der Waals surface area contributed by atoms with Crippen LogP contribution in [-0.4, -0.2) is 43.3 Å². The molecule has 7 nitrogen and oxygen atoms in total. The van der Waals surface area contributed by atoms with Crippen LogP contribution in [0.5, 0.6) is 0 Å². The smallest absolute Gasteiger partial charge is 0.407 e. The molecule has 0 aromatic carbocycles. The highest BCUT2D eigenvalue weighted by Crippen LogP contribution is 2.15. The van der Waals surface area contributed by atoms with Gasteiger partial charge in [0.2, 0.25) is 0 Å². The van der Waals surface area contributed by atoms with Crippen LogP contribution in [0.4, 0.5) is 4.79 Å². The minimum absolute atomic E-state index is 0.0260. The minimum atomic E-state index is -0.383. The van der Waals surface area contributed by atoms with Crippen LogP contribution < -0.4 is 16.0 Å². The number of alkyl carbamates (subject to hydrolysis) is 1. The van der Waals surface area contributed by atoms with E-state index in [1.165, 1.54) is 4.88 Å². The van der Waals surface area contributed by atoms with Gasteiger partial charge in [0.05, 0.1) is 18.8 Å². The normalized spacial score (nSPS) is 12.8. The Kier molecular flexibility index (Phi) is 9.26. The molecule has 1 atom stereocenters. The zero-order valence-electron chi connectivity index (χ0n) is 16.1. The molecule has 1 unspecified atom stereocenters. The van der Waals surface area contributed by atoms with E-state index in [2.05, 4.69) is 46.7 Å².